The third-order valence-corrected chi connectivity index (χ3v) is 3.59. The maximum Gasteiger partial charge on any atom is 0.172 e. The van der Waals surface area contributed by atoms with Gasteiger partial charge >= 0.3 is 0 Å². The molecule has 1 atom stereocenters. The molecule has 1 saturated heterocycles. The molecule has 2 heterocycles. The van der Waals surface area contributed by atoms with Crippen molar-refractivity contribution >= 4 is 17.1 Å². The summed E-state index contributed by atoms with van der Waals surface area (Å²) >= 11 is 1.54. The Morgan fingerprint density at radius 3 is 3.21 bits per heavy atom. The average Bonchev–Trinajstić information content (AvgIpc) is 2.87. The number of carbonyl (C=O) groups excluding carboxylic acids is 1. The summed E-state index contributed by atoms with van der Waals surface area (Å²) in [5.74, 6) is 0.300. The van der Waals surface area contributed by atoms with E-state index in [0.717, 1.165) is 17.8 Å². The molecule has 1 N–H and O–H groups in total. The maximum absolute atomic E-state index is 11.6. The SMILES string of the molecule is O=C(CCC1CCCN1)c1cccs1. The molecule has 0 aliphatic carbocycles. The molecule has 1 aliphatic rings. The molecular weight excluding hydrogens is 194 g/mol. The zero-order valence-corrected chi connectivity index (χ0v) is 8.98. The molecule has 2 rings (SSSR count). The predicted molar refractivity (Wildman–Crippen MR) is 58.9 cm³/mol. The van der Waals surface area contributed by atoms with Crippen LogP contribution in [0.4, 0.5) is 0 Å². The summed E-state index contributed by atoms with van der Waals surface area (Å²) in [5, 5.41) is 5.37. The van der Waals surface area contributed by atoms with Gasteiger partial charge in [-0.1, -0.05) is 6.07 Å². The Hall–Kier alpha value is -0.670. The number of Topliss-reactive ketones (excluding diaryl/α,β-unsaturated/α-hetero) is 1. The number of ketones is 1. The zero-order valence-electron chi connectivity index (χ0n) is 8.16. The van der Waals surface area contributed by atoms with E-state index in [0.29, 0.717) is 18.2 Å². The molecule has 0 radical (unpaired) electrons. The van der Waals surface area contributed by atoms with E-state index in [2.05, 4.69) is 5.32 Å². The van der Waals surface area contributed by atoms with Crippen LogP contribution in [0.1, 0.15) is 35.4 Å². The summed E-state index contributed by atoms with van der Waals surface area (Å²) in [6.07, 6.45) is 4.19. The lowest BCUT2D eigenvalue weighted by molar-refractivity contribution is 0.0980. The summed E-state index contributed by atoms with van der Waals surface area (Å²) in [7, 11) is 0. The van der Waals surface area contributed by atoms with Crippen LogP contribution in [0.2, 0.25) is 0 Å². The van der Waals surface area contributed by atoms with Crippen LogP contribution in [0.15, 0.2) is 17.5 Å². The normalized spacial score (nSPS) is 21.3. The Bertz CT molecular complexity index is 288. The van der Waals surface area contributed by atoms with Gasteiger partial charge in [-0.2, -0.15) is 0 Å². The molecule has 0 aromatic carbocycles. The number of hydrogen-bond acceptors (Lipinski definition) is 3. The minimum Gasteiger partial charge on any atom is -0.314 e. The highest BCUT2D eigenvalue weighted by atomic mass is 32.1. The topological polar surface area (TPSA) is 29.1 Å². The standard InChI is InChI=1S/C11H15NOS/c13-10(11-4-2-8-14-11)6-5-9-3-1-7-12-9/h2,4,8-9,12H,1,3,5-7H2. The van der Waals surface area contributed by atoms with Gasteiger partial charge in [0.1, 0.15) is 0 Å². The van der Waals surface area contributed by atoms with Crippen LogP contribution in [0.25, 0.3) is 0 Å². The van der Waals surface area contributed by atoms with Gasteiger partial charge in [0.25, 0.3) is 0 Å². The number of thiophene rings is 1. The number of rotatable bonds is 4. The van der Waals surface area contributed by atoms with E-state index < -0.39 is 0 Å². The van der Waals surface area contributed by atoms with Crippen molar-refractivity contribution in [1.82, 2.24) is 5.32 Å². The van der Waals surface area contributed by atoms with E-state index in [1.54, 1.807) is 11.3 Å². The van der Waals surface area contributed by atoms with E-state index in [-0.39, 0.29) is 0 Å². The zero-order chi connectivity index (χ0) is 9.80. The summed E-state index contributed by atoms with van der Waals surface area (Å²) < 4.78 is 0. The summed E-state index contributed by atoms with van der Waals surface area (Å²) in [6.45, 7) is 1.12. The summed E-state index contributed by atoms with van der Waals surface area (Å²) in [5.41, 5.74) is 0. The minimum absolute atomic E-state index is 0.300. The molecule has 1 aromatic heterocycles. The first-order valence-electron chi connectivity index (χ1n) is 5.16. The molecule has 1 unspecified atom stereocenters. The lowest BCUT2D eigenvalue weighted by atomic mass is 10.1. The fourth-order valence-electron chi connectivity index (χ4n) is 1.87. The van der Waals surface area contributed by atoms with Crippen LogP contribution >= 0.6 is 11.3 Å². The first-order chi connectivity index (χ1) is 6.86. The molecule has 76 valence electrons. The molecule has 2 nitrogen and oxygen atoms in total. The molecule has 3 heteroatoms. The van der Waals surface area contributed by atoms with Crippen molar-refractivity contribution in [2.24, 2.45) is 0 Å². The van der Waals surface area contributed by atoms with Crippen LogP contribution in [0, 0.1) is 0 Å². The molecule has 1 fully saturated rings. The van der Waals surface area contributed by atoms with Crippen LogP contribution in [0.3, 0.4) is 0 Å². The van der Waals surface area contributed by atoms with Gasteiger partial charge in [0.2, 0.25) is 0 Å². The molecule has 1 aliphatic heterocycles. The van der Waals surface area contributed by atoms with E-state index in [1.165, 1.54) is 12.8 Å². The largest absolute Gasteiger partial charge is 0.314 e. The van der Waals surface area contributed by atoms with Crippen LogP contribution in [-0.4, -0.2) is 18.4 Å². The maximum atomic E-state index is 11.6. The highest BCUT2D eigenvalue weighted by Gasteiger charge is 2.15. The molecule has 0 saturated carbocycles. The molecule has 0 spiro atoms. The van der Waals surface area contributed by atoms with Crippen LogP contribution < -0.4 is 5.32 Å². The predicted octanol–water partition coefficient (Wildman–Crippen LogP) is 2.46. The molecule has 1 aromatic rings. The van der Waals surface area contributed by atoms with E-state index in [4.69, 9.17) is 0 Å². The fourth-order valence-corrected chi connectivity index (χ4v) is 2.56. The Morgan fingerprint density at radius 1 is 1.64 bits per heavy atom. The average molecular weight is 209 g/mol. The van der Waals surface area contributed by atoms with Crippen LogP contribution in [-0.2, 0) is 0 Å². The Balaban J connectivity index is 1.78. The summed E-state index contributed by atoms with van der Waals surface area (Å²) in [6, 6.07) is 4.43. The van der Waals surface area contributed by atoms with Crippen molar-refractivity contribution in [3.63, 3.8) is 0 Å². The number of carbonyl (C=O) groups is 1. The molecule has 0 bridgehead atoms. The van der Waals surface area contributed by atoms with Crippen molar-refractivity contribution in [2.45, 2.75) is 31.7 Å². The Labute approximate surface area is 88.3 Å². The van der Waals surface area contributed by atoms with Gasteiger partial charge in [0.15, 0.2) is 5.78 Å². The van der Waals surface area contributed by atoms with Gasteiger partial charge in [-0.15, -0.1) is 11.3 Å². The third kappa shape index (κ3) is 2.42. The van der Waals surface area contributed by atoms with Gasteiger partial charge in [-0.25, -0.2) is 0 Å². The van der Waals surface area contributed by atoms with Gasteiger partial charge in [-0.3, -0.25) is 4.79 Å². The Kier molecular flexibility index (Phi) is 3.32. The van der Waals surface area contributed by atoms with Crippen LogP contribution in [0.5, 0.6) is 0 Å². The first-order valence-corrected chi connectivity index (χ1v) is 6.04. The van der Waals surface area contributed by atoms with Gasteiger partial charge < -0.3 is 5.32 Å². The van der Waals surface area contributed by atoms with E-state index >= 15 is 0 Å². The van der Waals surface area contributed by atoms with Crippen molar-refractivity contribution in [2.75, 3.05) is 6.54 Å². The van der Waals surface area contributed by atoms with E-state index in [9.17, 15) is 4.79 Å². The van der Waals surface area contributed by atoms with Crippen molar-refractivity contribution in [3.8, 4) is 0 Å². The highest BCUT2D eigenvalue weighted by molar-refractivity contribution is 7.12. The lowest BCUT2D eigenvalue weighted by Crippen LogP contribution is -2.21. The van der Waals surface area contributed by atoms with Crippen molar-refractivity contribution in [1.29, 1.82) is 0 Å². The summed E-state index contributed by atoms with van der Waals surface area (Å²) in [4.78, 5) is 12.6. The quantitative estimate of drug-likeness (QED) is 0.772. The van der Waals surface area contributed by atoms with Gasteiger partial charge in [-0.05, 0) is 37.3 Å². The smallest absolute Gasteiger partial charge is 0.172 e. The lowest BCUT2D eigenvalue weighted by Gasteiger charge is -2.07. The second-order valence-electron chi connectivity index (χ2n) is 3.73. The number of nitrogens with one attached hydrogen (secondary N) is 1. The fraction of sp³-hybridized carbons (Fsp3) is 0.545. The van der Waals surface area contributed by atoms with E-state index in [1.807, 2.05) is 17.5 Å². The first kappa shape index (κ1) is 9.87. The molecule has 14 heavy (non-hydrogen) atoms. The Morgan fingerprint density at radius 2 is 2.57 bits per heavy atom. The van der Waals surface area contributed by atoms with Crippen molar-refractivity contribution < 1.29 is 4.79 Å². The minimum atomic E-state index is 0.300. The van der Waals surface area contributed by atoms with Crippen molar-refractivity contribution in [3.05, 3.63) is 22.4 Å². The number of hydrogen-bond donors (Lipinski definition) is 1. The second kappa shape index (κ2) is 4.71. The van der Waals surface area contributed by atoms with Gasteiger partial charge in [0.05, 0.1) is 4.88 Å². The third-order valence-electron chi connectivity index (χ3n) is 2.68. The van der Waals surface area contributed by atoms with Gasteiger partial charge in [0, 0.05) is 12.5 Å². The monoisotopic (exact) mass is 209 g/mol. The highest BCUT2D eigenvalue weighted by Crippen LogP contribution is 2.16. The second-order valence-corrected chi connectivity index (χ2v) is 4.68. The molecule has 0 amide bonds. The molecular formula is C11H15NOS.